The minimum absolute atomic E-state index is 0.327. The van der Waals surface area contributed by atoms with E-state index >= 15 is 0 Å². The first-order valence-electron chi connectivity index (χ1n) is 8.64. The van der Waals surface area contributed by atoms with Gasteiger partial charge in [0.25, 0.3) is 0 Å². The lowest BCUT2D eigenvalue weighted by Gasteiger charge is -2.20. The third-order valence-corrected chi connectivity index (χ3v) is 4.14. The van der Waals surface area contributed by atoms with Crippen molar-refractivity contribution in [3.8, 4) is 5.75 Å². The van der Waals surface area contributed by atoms with E-state index in [0.29, 0.717) is 6.04 Å². The lowest BCUT2D eigenvalue weighted by atomic mass is 10.00. The van der Waals surface area contributed by atoms with Gasteiger partial charge in [0.1, 0.15) is 5.75 Å². The number of methoxy groups -OCH3 is 1. The predicted octanol–water partition coefficient (Wildman–Crippen LogP) is 5.60. The maximum atomic E-state index is 5.23. The first-order chi connectivity index (χ1) is 11.3. The number of ether oxygens (including phenoxy) is 1. The van der Waals surface area contributed by atoms with Crippen LogP contribution < -0.4 is 10.1 Å². The fourth-order valence-corrected chi connectivity index (χ4v) is 2.76. The summed E-state index contributed by atoms with van der Waals surface area (Å²) in [6.07, 6.45) is 11.4. The lowest BCUT2D eigenvalue weighted by Crippen LogP contribution is -2.11. The van der Waals surface area contributed by atoms with Crippen LogP contribution in [0, 0.1) is 0 Å². The Balaban J connectivity index is 1.97. The minimum Gasteiger partial charge on any atom is -0.497 e. The van der Waals surface area contributed by atoms with E-state index in [1.807, 2.05) is 24.5 Å². The molecule has 1 heterocycles. The van der Waals surface area contributed by atoms with E-state index in [2.05, 4.69) is 41.5 Å². The Labute approximate surface area is 140 Å². The van der Waals surface area contributed by atoms with Gasteiger partial charge in [0, 0.05) is 18.1 Å². The van der Waals surface area contributed by atoms with Gasteiger partial charge >= 0.3 is 0 Å². The first kappa shape index (κ1) is 17.3. The standard InChI is InChI=1S/C20H28N2O/c1-3-4-5-6-7-8-20(17-13-15-21-16-14-17)22-18-9-11-19(23-2)12-10-18/h9-16,20,22H,3-8H2,1-2H3. The highest BCUT2D eigenvalue weighted by molar-refractivity contribution is 5.48. The van der Waals surface area contributed by atoms with Gasteiger partial charge in [0.15, 0.2) is 0 Å². The molecule has 0 aliphatic heterocycles. The molecule has 1 aromatic carbocycles. The molecule has 2 rings (SSSR count). The molecule has 0 fully saturated rings. The minimum atomic E-state index is 0.327. The molecule has 0 saturated heterocycles. The molecule has 3 heteroatoms. The monoisotopic (exact) mass is 312 g/mol. The van der Waals surface area contributed by atoms with E-state index in [9.17, 15) is 0 Å². The van der Waals surface area contributed by atoms with Gasteiger partial charge in [-0.15, -0.1) is 0 Å². The Morgan fingerprint density at radius 3 is 2.30 bits per heavy atom. The number of unbranched alkanes of at least 4 members (excludes halogenated alkanes) is 4. The van der Waals surface area contributed by atoms with E-state index in [4.69, 9.17) is 4.74 Å². The van der Waals surface area contributed by atoms with Crippen molar-refractivity contribution in [3.05, 3.63) is 54.4 Å². The molecule has 0 saturated carbocycles. The molecule has 124 valence electrons. The second-order valence-corrected chi connectivity index (χ2v) is 5.91. The number of hydrogen-bond donors (Lipinski definition) is 1. The van der Waals surface area contributed by atoms with E-state index < -0.39 is 0 Å². The molecular weight excluding hydrogens is 284 g/mol. The number of nitrogens with zero attached hydrogens (tertiary/aromatic N) is 1. The predicted molar refractivity (Wildman–Crippen MR) is 97.0 cm³/mol. The van der Waals surface area contributed by atoms with Gasteiger partial charge in [-0.05, 0) is 48.4 Å². The number of benzene rings is 1. The van der Waals surface area contributed by atoms with Crippen LogP contribution in [0.5, 0.6) is 5.75 Å². The highest BCUT2D eigenvalue weighted by Gasteiger charge is 2.11. The van der Waals surface area contributed by atoms with E-state index in [0.717, 1.165) is 17.9 Å². The maximum Gasteiger partial charge on any atom is 0.119 e. The van der Waals surface area contributed by atoms with Gasteiger partial charge in [-0.2, -0.15) is 0 Å². The summed E-state index contributed by atoms with van der Waals surface area (Å²) in [6, 6.07) is 12.7. The SMILES string of the molecule is CCCCCCCC(Nc1ccc(OC)cc1)c1ccncc1. The summed E-state index contributed by atoms with van der Waals surface area (Å²) in [6.45, 7) is 2.25. The largest absolute Gasteiger partial charge is 0.497 e. The van der Waals surface area contributed by atoms with Crippen LogP contribution in [0.25, 0.3) is 0 Å². The molecule has 1 unspecified atom stereocenters. The third kappa shape index (κ3) is 5.93. The van der Waals surface area contributed by atoms with Crippen molar-refractivity contribution in [1.82, 2.24) is 4.98 Å². The summed E-state index contributed by atoms with van der Waals surface area (Å²) in [5, 5.41) is 3.65. The van der Waals surface area contributed by atoms with Crippen LogP contribution in [0.3, 0.4) is 0 Å². The Morgan fingerprint density at radius 2 is 1.65 bits per heavy atom. The Morgan fingerprint density at radius 1 is 0.957 bits per heavy atom. The zero-order valence-corrected chi connectivity index (χ0v) is 14.3. The second-order valence-electron chi connectivity index (χ2n) is 5.91. The van der Waals surface area contributed by atoms with Gasteiger partial charge in [0.2, 0.25) is 0 Å². The van der Waals surface area contributed by atoms with Gasteiger partial charge in [-0.25, -0.2) is 0 Å². The molecule has 1 atom stereocenters. The molecule has 3 nitrogen and oxygen atoms in total. The Bertz CT molecular complexity index is 539. The highest BCUT2D eigenvalue weighted by atomic mass is 16.5. The molecule has 0 aliphatic rings. The molecule has 1 aromatic heterocycles. The molecule has 0 spiro atoms. The Hall–Kier alpha value is -2.03. The normalized spacial score (nSPS) is 11.9. The summed E-state index contributed by atoms with van der Waals surface area (Å²) in [5.41, 5.74) is 2.42. The number of hydrogen-bond acceptors (Lipinski definition) is 3. The van der Waals surface area contributed by atoms with Gasteiger partial charge < -0.3 is 10.1 Å². The number of nitrogens with one attached hydrogen (secondary N) is 1. The fraction of sp³-hybridized carbons (Fsp3) is 0.450. The smallest absolute Gasteiger partial charge is 0.119 e. The van der Waals surface area contributed by atoms with Crippen LogP contribution in [0.2, 0.25) is 0 Å². The molecule has 2 aromatic rings. The molecule has 0 radical (unpaired) electrons. The van der Waals surface area contributed by atoms with Gasteiger partial charge in [-0.3, -0.25) is 4.98 Å². The Kier molecular flexibility index (Phi) is 7.44. The maximum absolute atomic E-state index is 5.23. The van der Waals surface area contributed by atoms with E-state index in [-0.39, 0.29) is 0 Å². The van der Waals surface area contributed by atoms with Crippen LogP contribution >= 0.6 is 0 Å². The fourth-order valence-electron chi connectivity index (χ4n) is 2.76. The topological polar surface area (TPSA) is 34.1 Å². The van der Waals surface area contributed by atoms with Crippen molar-refractivity contribution >= 4 is 5.69 Å². The van der Waals surface area contributed by atoms with Gasteiger partial charge in [0.05, 0.1) is 13.2 Å². The average molecular weight is 312 g/mol. The van der Waals surface area contributed by atoms with Crippen molar-refractivity contribution in [1.29, 1.82) is 0 Å². The quantitative estimate of drug-likeness (QED) is 0.579. The number of aromatic nitrogens is 1. The molecule has 23 heavy (non-hydrogen) atoms. The summed E-state index contributed by atoms with van der Waals surface area (Å²) in [4.78, 5) is 4.13. The molecule has 0 aliphatic carbocycles. The van der Waals surface area contributed by atoms with E-state index in [1.165, 1.54) is 37.7 Å². The van der Waals surface area contributed by atoms with Gasteiger partial charge in [-0.1, -0.05) is 39.0 Å². The number of rotatable bonds is 10. The van der Waals surface area contributed by atoms with Crippen molar-refractivity contribution in [3.63, 3.8) is 0 Å². The molecular formula is C20H28N2O. The van der Waals surface area contributed by atoms with Crippen molar-refractivity contribution in [2.45, 2.75) is 51.5 Å². The lowest BCUT2D eigenvalue weighted by molar-refractivity contribution is 0.415. The van der Waals surface area contributed by atoms with Crippen molar-refractivity contribution < 1.29 is 4.74 Å². The van der Waals surface area contributed by atoms with Crippen LogP contribution in [0.4, 0.5) is 5.69 Å². The zero-order valence-electron chi connectivity index (χ0n) is 14.3. The summed E-state index contributed by atoms with van der Waals surface area (Å²) in [5.74, 6) is 0.885. The highest BCUT2D eigenvalue weighted by Crippen LogP contribution is 2.26. The van der Waals surface area contributed by atoms with Crippen molar-refractivity contribution in [2.75, 3.05) is 12.4 Å². The third-order valence-electron chi connectivity index (χ3n) is 4.14. The molecule has 1 N–H and O–H groups in total. The van der Waals surface area contributed by atoms with Crippen LogP contribution in [-0.4, -0.2) is 12.1 Å². The average Bonchev–Trinajstić information content (AvgIpc) is 2.62. The summed E-state index contributed by atoms with van der Waals surface area (Å²) < 4.78 is 5.23. The molecule has 0 bridgehead atoms. The first-order valence-corrected chi connectivity index (χ1v) is 8.64. The van der Waals surface area contributed by atoms with E-state index in [1.54, 1.807) is 7.11 Å². The number of anilines is 1. The number of pyridine rings is 1. The van der Waals surface area contributed by atoms with Crippen LogP contribution in [-0.2, 0) is 0 Å². The van der Waals surface area contributed by atoms with Crippen molar-refractivity contribution in [2.24, 2.45) is 0 Å². The van der Waals surface area contributed by atoms with Crippen LogP contribution in [0.1, 0.15) is 57.1 Å². The summed E-state index contributed by atoms with van der Waals surface area (Å²) >= 11 is 0. The molecule has 0 amide bonds. The second kappa shape index (κ2) is 9.88. The summed E-state index contributed by atoms with van der Waals surface area (Å²) in [7, 11) is 1.69. The zero-order chi connectivity index (χ0) is 16.3. The van der Waals surface area contributed by atoms with Crippen LogP contribution in [0.15, 0.2) is 48.8 Å².